The van der Waals surface area contributed by atoms with Gasteiger partial charge in [-0.2, -0.15) is 13.2 Å². The van der Waals surface area contributed by atoms with Crippen LogP contribution in [0.5, 0.6) is 0 Å². The summed E-state index contributed by atoms with van der Waals surface area (Å²) in [4.78, 5) is 97.7. The summed E-state index contributed by atoms with van der Waals surface area (Å²) in [6.07, 6.45) is -1.32. The number of nitrogens with two attached hydrogens (primary N) is 1. The quantitative estimate of drug-likeness (QED) is 0.0935. The van der Waals surface area contributed by atoms with Gasteiger partial charge in [-0.25, -0.2) is 9.59 Å². The first kappa shape index (κ1) is 39.7. The third-order valence-corrected chi connectivity index (χ3v) is 7.33. The molecule has 0 radical (unpaired) electrons. The molecule has 16 nitrogen and oxygen atoms in total. The third-order valence-electron chi connectivity index (χ3n) is 7.33. The van der Waals surface area contributed by atoms with E-state index >= 15 is 0 Å². The van der Waals surface area contributed by atoms with Gasteiger partial charge in [-0.15, -0.1) is 0 Å². The van der Waals surface area contributed by atoms with Crippen molar-refractivity contribution in [3.63, 3.8) is 0 Å². The number of aliphatic carboxylic acids is 1. The molecular formula is C30H38F3N7O9. The molecule has 0 spiro atoms. The largest absolute Gasteiger partial charge is 0.480 e. The molecule has 2 atom stereocenters. The van der Waals surface area contributed by atoms with Crippen molar-refractivity contribution in [2.24, 2.45) is 5.73 Å². The van der Waals surface area contributed by atoms with Crippen molar-refractivity contribution in [3.8, 4) is 0 Å². The second-order valence-corrected chi connectivity index (χ2v) is 11.0. The number of nitrogens with zero attached hydrogens (tertiary/aromatic N) is 2. The summed E-state index contributed by atoms with van der Waals surface area (Å²) in [7, 11) is 1.03. The standard InChI is InChI=1S/C30H38F3N7O9/c1-17(28(47)48)39(2)27(46)19-10-9-18(15-20(19)30(31,32)33)37-26(45)21(7-6-13-35-29(34)49)38-23(42)16-36-22(41)8-4-3-5-14-40-24(43)11-12-25(40)44/h9-12,15,17,21H,3-8,13-14,16H2,1-2H3,(H,36,41)(H,37,45)(H,38,42)(H,47,48)(H3,34,35,49)/t17-,21?/m0/s1. The third kappa shape index (κ3) is 12.6. The number of alkyl halides is 3. The van der Waals surface area contributed by atoms with Gasteiger partial charge in [0.15, 0.2) is 0 Å². The lowest BCUT2D eigenvalue weighted by Crippen LogP contribution is -2.47. The second kappa shape index (κ2) is 18.2. The Morgan fingerprint density at radius 1 is 0.959 bits per heavy atom. The summed E-state index contributed by atoms with van der Waals surface area (Å²) in [5.74, 6) is -5.71. The molecule has 0 fully saturated rings. The topological polar surface area (TPSA) is 237 Å². The lowest BCUT2D eigenvalue weighted by atomic mass is 10.0. The van der Waals surface area contributed by atoms with Gasteiger partial charge in [0.2, 0.25) is 17.7 Å². The summed E-state index contributed by atoms with van der Waals surface area (Å²) in [5.41, 5.74) is 2.34. The molecule has 1 aliphatic rings. The van der Waals surface area contributed by atoms with Gasteiger partial charge in [0.1, 0.15) is 12.1 Å². The van der Waals surface area contributed by atoms with Crippen LogP contribution in [0, 0.1) is 0 Å². The van der Waals surface area contributed by atoms with Crippen molar-refractivity contribution >= 4 is 53.1 Å². The highest BCUT2D eigenvalue weighted by Crippen LogP contribution is 2.34. The van der Waals surface area contributed by atoms with Gasteiger partial charge >= 0.3 is 18.2 Å². The molecule has 0 aromatic heterocycles. The van der Waals surface area contributed by atoms with E-state index in [0.29, 0.717) is 30.2 Å². The zero-order valence-electron chi connectivity index (χ0n) is 26.7. The van der Waals surface area contributed by atoms with E-state index in [1.165, 1.54) is 12.2 Å². The molecule has 0 bridgehead atoms. The van der Waals surface area contributed by atoms with Crippen LogP contribution in [0.2, 0.25) is 0 Å². The molecule has 49 heavy (non-hydrogen) atoms. The first-order valence-corrected chi connectivity index (χ1v) is 15.1. The fourth-order valence-electron chi connectivity index (χ4n) is 4.49. The maximum Gasteiger partial charge on any atom is 0.417 e. The van der Waals surface area contributed by atoms with Crippen molar-refractivity contribution in [1.82, 2.24) is 25.8 Å². The number of primary amides is 1. The molecule has 1 heterocycles. The van der Waals surface area contributed by atoms with Gasteiger partial charge in [-0.05, 0) is 50.8 Å². The number of likely N-dealkylation sites (N-methyl/N-ethyl adjacent to an activating group) is 1. The average Bonchev–Trinajstić information content (AvgIpc) is 3.35. The van der Waals surface area contributed by atoms with Crippen LogP contribution in [0.25, 0.3) is 0 Å². The van der Waals surface area contributed by atoms with E-state index < -0.39 is 83.4 Å². The molecule has 268 valence electrons. The first-order valence-electron chi connectivity index (χ1n) is 15.1. The molecule has 0 aliphatic carbocycles. The SMILES string of the molecule is C[C@@H](C(=O)O)N(C)C(=O)c1ccc(NC(=O)C(CCCNC(N)=O)NC(=O)CNC(=O)CCCCCN2C(=O)C=CC2=O)cc1C(F)(F)F. The molecule has 7 N–H and O–H groups in total. The number of hydrogen-bond acceptors (Lipinski definition) is 8. The van der Waals surface area contributed by atoms with E-state index in [1.807, 2.05) is 0 Å². The van der Waals surface area contributed by atoms with Gasteiger partial charge in [-0.1, -0.05) is 6.42 Å². The maximum absolute atomic E-state index is 13.9. The molecule has 2 rings (SSSR count). The van der Waals surface area contributed by atoms with Crippen molar-refractivity contribution in [2.45, 2.75) is 63.7 Å². The Balaban J connectivity index is 2.03. The van der Waals surface area contributed by atoms with Crippen LogP contribution in [0.1, 0.15) is 61.4 Å². The number of rotatable bonds is 18. The Morgan fingerprint density at radius 2 is 1.61 bits per heavy atom. The predicted octanol–water partition coefficient (Wildman–Crippen LogP) is 0.724. The van der Waals surface area contributed by atoms with E-state index in [4.69, 9.17) is 10.8 Å². The monoisotopic (exact) mass is 697 g/mol. The highest BCUT2D eigenvalue weighted by molar-refractivity contribution is 6.12. The highest BCUT2D eigenvalue weighted by Gasteiger charge is 2.37. The molecule has 0 saturated heterocycles. The number of nitrogens with one attached hydrogen (secondary N) is 4. The number of benzene rings is 1. The smallest absolute Gasteiger partial charge is 0.417 e. The number of urea groups is 1. The Morgan fingerprint density at radius 3 is 2.20 bits per heavy atom. The molecule has 1 unspecified atom stereocenters. The normalized spacial score (nSPS) is 13.8. The molecule has 0 saturated carbocycles. The van der Waals surface area contributed by atoms with E-state index in [0.717, 1.165) is 31.0 Å². The number of carbonyl (C=O) groups is 8. The van der Waals surface area contributed by atoms with Crippen molar-refractivity contribution in [3.05, 3.63) is 41.5 Å². The fourth-order valence-corrected chi connectivity index (χ4v) is 4.49. The highest BCUT2D eigenvalue weighted by atomic mass is 19.4. The second-order valence-electron chi connectivity index (χ2n) is 11.0. The molecule has 1 aromatic carbocycles. The first-order chi connectivity index (χ1) is 22.9. The minimum absolute atomic E-state index is 0.000371. The lowest BCUT2D eigenvalue weighted by molar-refractivity contribution is -0.141. The number of carboxylic acids is 1. The predicted molar refractivity (Wildman–Crippen MR) is 165 cm³/mol. The number of carbonyl (C=O) groups excluding carboxylic acids is 7. The van der Waals surface area contributed by atoms with E-state index in [2.05, 4.69) is 21.3 Å². The van der Waals surface area contributed by atoms with Crippen LogP contribution >= 0.6 is 0 Å². The summed E-state index contributed by atoms with van der Waals surface area (Å²) in [5, 5.41) is 18.5. The molecular weight excluding hydrogens is 659 g/mol. The van der Waals surface area contributed by atoms with Gasteiger partial charge in [0, 0.05) is 44.4 Å². The van der Waals surface area contributed by atoms with Gasteiger partial charge in [0.25, 0.3) is 17.7 Å². The minimum Gasteiger partial charge on any atom is -0.480 e. The number of amides is 8. The van der Waals surface area contributed by atoms with E-state index in [-0.39, 0.29) is 38.0 Å². The summed E-state index contributed by atoms with van der Waals surface area (Å²) in [6, 6.07) is -1.34. The van der Waals surface area contributed by atoms with Crippen LogP contribution < -0.4 is 27.0 Å². The number of unbranched alkanes of at least 4 members (excludes halogenated alkanes) is 2. The van der Waals surface area contributed by atoms with Gasteiger partial charge in [-0.3, -0.25) is 33.7 Å². The number of carboxylic acid groups (broad SMARTS) is 1. The summed E-state index contributed by atoms with van der Waals surface area (Å²) < 4.78 is 41.8. The van der Waals surface area contributed by atoms with Crippen LogP contribution in [-0.2, 0) is 34.9 Å². The number of hydrogen-bond donors (Lipinski definition) is 6. The number of halogens is 3. The number of imide groups is 1. The molecule has 1 aliphatic heterocycles. The maximum atomic E-state index is 13.9. The Hall–Kier alpha value is -5.49. The van der Waals surface area contributed by atoms with Crippen molar-refractivity contribution in [1.29, 1.82) is 0 Å². The van der Waals surface area contributed by atoms with Gasteiger partial charge < -0.3 is 37.0 Å². The van der Waals surface area contributed by atoms with E-state index in [9.17, 15) is 51.5 Å². The number of anilines is 1. The molecule has 19 heteroatoms. The van der Waals surface area contributed by atoms with Crippen molar-refractivity contribution < 1.29 is 56.6 Å². The Kier molecular flexibility index (Phi) is 14.7. The lowest BCUT2D eigenvalue weighted by Gasteiger charge is -2.24. The fraction of sp³-hybridized carbons (Fsp3) is 0.467. The molecule has 1 aromatic rings. The minimum atomic E-state index is -5.07. The van der Waals surface area contributed by atoms with E-state index in [1.54, 1.807) is 0 Å². The van der Waals surface area contributed by atoms with Crippen molar-refractivity contribution in [2.75, 3.05) is 32.0 Å². The van der Waals surface area contributed by atoms with Crippen LogP contribution in [0.3, 0.4) is 0 Å². The van der Waals surface area contributed by atoms with Gasteiger partial charge in [0.05, 0.1) is 17.7 Å². The zero-order valence-corrected chi connectivity index (χ0v) is 26.7. The summed E-state index contributed by atoms with van der Waals surface area (Å²) in [6.45, 7) is 0.782. The Bertz CT molecular complexity index is 1460. The van der Waals surface area contributed by atoms with Crippen LogP contribution in [0.15, 0.2) is 30.4 Å². The van der Waals surface area contributed by atoms with Crippen LogP contribution in [0.4, 0.5) is 23.7 Å². The average molecular weight is 698 g/mol. The zero-order chi connectivity index (χ0) is 36.9. The Labute approximate surface area is 278 Å². The van der Waals surface area contributed by atoms with Crippen LogP contribution in [-0.4, -0.2) is 101 Å². The summed E-state index contributed by atoms with van der Waals surface area (Å²) >= 11 is 0. The molecule has 8 amide bonds.